The first-order valence-corrected chi connectivity index (χ1v) is 40.8. The third-order valence-corrected chi connectivity index (χ3v) is 36.7. The molecule has 0 radical (unpaired) electrons. The molecule has 0 aromatic heterocycles. The van der Waals surface area contributed by atoms with Gasteiger partial charge in [-0.05, 0) is 159 Å². The highest BCUT2D eigenvalue weighted by molar-refractivity contribution is 8.79. The van der Waals surface area contributed by atoms with E-state index in [0.29, 0.717) is 0 Å². The molecule has 0 aromatic carbocycles. The number of hydrogen-bond donors (Lipinski definition) is 0. The van der Waals surface area contributed by atoms with Crippen LogP contribution >= 0.6 is 86.4 Å². The number of hydrogen-bond acceptors (Lipinski definition) is 8. The Morgan fingerprint density at radius 3 is 0.958 bits per heavy atom. The molecular formula is C64H120S8. The first kappa shape index (κ1) is 65.6. The molecule has 8 rings (SSSR count). The largest absolute Gasteiger partial charge is 0.0905 e. The van der Waals surface area contributed by atoms with Gasteiger partial charge in [-0.15, -0.1) is 0 Å². The lowest BCUT2D eigenvalue weighted by atomic mass is 9.72. The molecule has 5 aliphatic carbocycles. The fraction of sp³-hybridized carbons (Fsp3) is 1.00. The molecule has 8 aliphatic rings. The molecule has 4 unspecified atom stereocenters. The summed E-state index contributed by atoms with van der Waals surface area (Å²) in [5.41, 5.74) is 0. The predicted octanol–water partition coefficient (Wildman–Crippen LogP) is 24.1. The lowest BCUT2D eigenvalue weighted by Crippen LogP contribution is -2.28. The van der Waals surface area contributed by atoms with Crippen molar-refractivity contribution in [1.29, 1.82) is 0 Å². The summed E-state index contributed by atoms with van der Waals surface area (Å²) in [5, 5.41) is 6.68. The molecule has 0 aromatic rings. The zero-order valence-electron chi connectivity index (χ0n) is 50.1. The maximum absolute atomic E-state index is 2.55. The van der Waals surface area contributed by atoms with Crippen LogP contribution in [0.1, 0.15) is 265 Å². The van der Waals surface area contributed by atoms with Gasteiger partial charge < -0.3 is 0 Å². The molecule has 0 nitrogen and oxygen atoms in total. The van der Waals surface area contributed by atoms with Crippen LogP contribution in [-0.2, 0) is 0 Å². The van der Waals surface area contributed by atoms with E-state index < -0.39 is 0 Å². The summed E-state index contributed by atoms with van der Waals surface area (Å²) >= 11 is 0. The molecule has 0 N–H and O–H groups in total. The Labute approximate surface area is 483 Å². The molecule has 0 amide bonds. The van der Waals surface area contributed by atoms with Gasteiger partial charge in [0.15, 0.2) is 0 Å². The van der Waals surface area contributed by atoms with Crippen LogP contribution in [0.3, 0.4) is 0 Å². The van der Waals surface area contributed by atoms with Crippen LogP contribution in [-0.4, -0.2) is 42.0 Å². The van der Waals surface area contributed by atoms with Crippen LogP contribution in [0.5, 0.6) is 0 Å². The van der Waals surface area contributed by atoms with E-state index in [1.165, 1.54) is 154 Å². The molecule has 3 aliphatic heterocycles. The molecule has 0 spiro atoms. The molecule has 424 valence electrons. The average molecular weight is 1150 g/mol. The van der Waals surface area contributed by atoms with E-state index in [2.05, 4.69) is 197 Å². The van der Waals surface area contributed by atoms with Crippen molar-refractivity contribution in [1.82, 2.24) is 0 Å². The maximum atomic E-state index is 2.55. The predicted molar refractivity (Wildman–Crippen MR) is 348 cm³/mol. The van der Waals surface area contributed by atoms with Gasteiger partial charge in [0, 0.05) is 42.0 Å². The molecule has 8 fully saturated rings. The molecular weight excluding hydrogens is 1030 g/mol. The first-order chi connectivity index (χ1) is 34.4. The van der Waals surface area contributed by atoms with Crippen molar-refractivity contribution in [2.45, 2.75) is 307 Å². The van der Waals surface area contributed by atoms with Gasteiger partial charge in [0.2, 0.25) is 0 Å². The third kappa shape index (κ3) is 20.7. The van der Waals surface area contributed by atoms with E-state index in [4.69, 9.17) is 0 Å². The molecule has 72 heavy (non-hydrogen) atoms. The van der Waals surface area contributed by atoms with Gasteiger partial charge in [-0.1, -0.05) is 287 Å². The minimum atomic E-state index is 0.771. The van der Waals surface area contributed by atoms with Gasteiger partial charge in [0.25, 0.3) is 0 Å². The summed E-state index contributed by atoms with van der Waals surface area (Å²) in [6, 6.07) is 0. The third-order valence-electron chi connectivity index (χ3n) is 21.6. The van der Waals surface area contributed by atoms with Gasteiger partial charge in [-0.25, -0.2) is 0 Å². The zero-order valence-corrected chi connectivity index (χ0v) is 56.6. The Morgan fingerprint density at radius 1 is 0.167 bits per heavy atom. The second kappa shape index (κ2) is 34.3. The Kier molecular flexibility index (Phi) is 31.2. The normalized spacial score (nSPS) is 47.3. The highest BCUT2D eigenvalue weighted by atomic mass is 33.1. The van der Waals surface area contributed by atoms with Crippen molar-refractivity contribution in [2.75, 3.05) is 0 Å². The van der Waals surface area contributed by atoms with Crippen LogP contribution in [0, 0.1) is 94.7 Å². The van der Waals surface area contributed by atoms with E-state index in [9.17, 15) is 0 Å². The van der Waals surface area contributed by atoms with Crippen molar-refractivity contribution in [2.24, 2.45) is 94.7 Å². The summed E-state index contributed by atoms with van der Waals surface area (Å²) in [6.07, 6.45) is 35.5. The van der Waals surface area contributed by atoms with Crippen molar-refractivity contribution in [3.8, 4) is 0 Å². The summed E-state index contributed by atoms with van der Waals surface area (Å²) < 4.78 is 0. The second-order valence-corrected chi connectivity index (χ2v) is 38.8. The van der Waals surface area contributed by atoms with Gasteiger partial charge in [-0.2, -0.15) is 0 Å². The minimum absolute atomic E-state index is 0.771. The highest BCUT2D eigenvalue weighted by Gasteiger charge is 2.39. The van der Waals surface area contributed by atoms with Crippen molar-refractivity contribution in [3.63, 3.8) is 0 Å². The Bertz CT molecular complexity index is 1220. The first-order valence-electron chi connectivity index (χ1n) is 31.7. The van der Waals surface area contributed by atoms with Crippen LogP contribution in [0.2, 0.25) is 0 Å². The molecule has 0 bridgehead atoms. The fourth-order valence-electron chi connectivity index (χ4n) is 14.9. The van der Waals surface area contributed by atoms with Gasteiger partial charge >= 0.3 is 0 Å². The van der Waals surface area contributed by atoms with Gasteiger partial charge in [0.1, 0.15) is 0 Å². The lowest BCUT2D eigenvalue weighted by molar-refractivity contribution is 0.161. The molecule has 5 saturated carbocycles. The van der Waals surface area contributed by atoms with Crippen molar-refractivity contribution >= 4 is 86.4 Å². The fourth-order valence-corrected chi connectivity index (χ4v) is 29.6. The van der Waals surface area contributed by atoms with E-state index >= 15 is 0 Å². The van der Waals surface area contributed by atoms with Crippen molar-refractivity contribution in [3.05, 3.63) is 0 Å². The summed E-state index contributed by atoms with van der Waals surface area (Å²) in [6.45, 7) is 39.7. The maximum Gasteiger partial charge on any atom is 0.0247 e. The van der Waals surface area contributed by atoms with E-state index in [1.807, 2.05) is 0 Å². The van der Waals surface area contributed by atoms with Crippen molar-refractivity contribution < 1.29 is 0 Å². The minimum Gasteiger partial charge on any atom is -0.0905 e. The van der Waals surface area contributed by atoms with Gasteiger partial charge in [-0.3, -0.25) is 0 Å². The van der Waals surface area contributed by atoms with Gasteiger partial charge in [0.05, 0.1) is 0 Å². The summed E-state index contributed by atoms with van der Waals surface area (Å²) in [5.74, 6) is 15.4. The van der Waals surface area contributed by atoms with E-state index in [-0.39, 0.29) is 0 Å². The lowest BCUT2D eigenvalue weighted by Gasteiger charge is -2.33. The number of fused-ring (bicyclic) bond motifs is 4. The van der Waals surface area contributed by atoms with Crippen LogP contribution in [0.25, 0.3) is 0 Å². The van der Waals surface area contributed by atoms with Crippen LogP contribution < -0.4 is 0 Å². The standard InChI is InChI=1S/C18H34.2C16H30S2.C14H26S4/c1-13-9-10-16(4)17-8-6-5-7-15(3)18(17)12-11-14(13)2;1-11-9-10-12(2)15-8-6-5-7-13(3)16(15)18-17-14(11)4;1-11-9-10-15-12(2)7-5-6-8-16(15)14(4)18-17-13(11)3;1-9-7-5-6-8-13-12(4)17-15-10(2)11(3)16-18-14(9)13/h13-18H,5-12H2,1-4H3;2*11-16H,5-10H2,1-4H3;9-14H,5-8H2,1-4H3/t13-,14+,15+,16+,17+,18?;11-,12+,13+,14-,15+,16?;11-,12-,13-,14+,15?,16-;9-,10-,11+,12+,13-,14?/m1100/s1. The van der Waals surface area contributed by atoms with Crippen LogP contribution in [0.4, 0.5) is 0 Å². The Hall–Kier alpha value is 2.80. The van der Waals surface area contributed by atoms with E-state index in [1.54, 1.807) is 0 Å². The average Bonchev–Trinajstić information content (AvgIpc) is 3.79. The second-order valence-electron chi connectivity index (χ2n) is 27.1. The Balaban J connectivity index is 0.000000178. The molecule has 8 heteroatoms. The molecule has 24 atom stereocenters. The SMILES string of the molecule is C[C@@H]1CC[C@H](C)[C@@H]2CCCC[C@H](C)C2CC[C@@H]1C.C[C@@H]1CC[C@H](C)[C@@H]2CCCC[C@H](C)C2SS[C@@H]1C.C[C@@H]1SS[C@H](C)[C@@H]2CCCC[C@H](C)C2CC[C@@H]1C.C[C@@H]1SS[C@H](C)[C@@H]2CCCC[C@H](C)C2SS[C@@H]1C. The highest BCUT2D eigenvalue weighted by Crippen LogP contribution is 2.54. The summed E-state index contributed by atoms with van der Waals surface area (Å²) in [7, 11) is 17.5. The van der Waals surface area contributed by atoms with E-state index in [0.717, 1.165) is 137 Å². The smallest absolute Gasteiger partial charge is 0.0247 e. The number of rotatable bonds is 0. The zero-order chi connectivity index (χ0) is 52.5. The topological polar surface area (TPSA) is 0 Å². The molecule has 3 heterocycles. The molecule has 3 saturated heterocycles. The van der Waals surface area contributed by atoms with Crippen LogP contribution in [0.15, 0.2) is 0 Å². The monoisotopic (exact) mass is 1140 g/mol. The Morgan fingerprint density at radius 2 is 0.431 bits per heavy atom. The summed E-state index contributed by atoms with van der Waals surface area (Å²) in [4.78, 5) is 0. The quantitative estimate of drug-likeness (QED) is 0.217.